The van der Waals surface area contributed by atoms with Crippen LogP contribution in [0.25, 0.3) is 0 Å². The Morgan fingerprint density at radius 3 is 2.33 bits per heavy atom. The van der Waals surface area contributed by atoms with Crippen molar-refractivity contribution in [1.29, 1.82) is 0 Å². The van der Waals surface area contributed by atoms with E-state index in [2.05, 4.69) is 5.32 Å². The Morgan fingerprint density at radius 1 is 1.40 bits per heavy atom. The van der Waals surface area contributed by atoms with Crippen LogP contribution in [0.15, 0.2) is 0 Å². The van der Waals surface area contributed by atoms with Gasteiger partial charge >= 0.3 is 0 Å². The summed E-state index contributed by atoms with van der Waals surface area (Å²) in [5, 5.41) is 2.59. The first kappa shape index (κ1) is 14.7. The summed E-state index contributed by atoms with van der Waals surface area (Å²) in [5.41, 5.74) is -0.102. The summed E-state index contributed by atoms with van der Waals surface area (Å²) in [6, 6.07) is 0. The van der Waals surface area contributed by atoms with Crippen molar-refractivity contribution in [1.82, 2.24) is 5.32 Å². The molecule has 6 heteroatoms. The van der Waals surface area contributed by atoms with Gasteiger partial charge in [-0.3, -0.25) is 4.79 Å². The summed E-state index contributed by atoms with van der Waals surface area (Å²) in [6.07, 6.45) is 1.81. The van der Waals surface area contributed by atoms with E-state index in [9.17, 15) is 13.2 Å². The lowest BCUT2D eigenvalue weighted by molar-refractivity contribution is -0.119. The Balaban J connectivity index is 4.01. The van der Waals surface area contributed by atoms with Gasteiger partial charge in [0.2, 0.25) is 5.91 Å². The molecule has 90 valence electrons. The molecule has 4 nitrogen and oxygen atoms in total. The molecule has 0 unspecified atom stereocenters. The largest absolute Gasteiger partial charge is 0.355 e. The minimum atomic E-state index is -3.24. The number of carbonyl (C=O) groups excluding carboxylic acids is 1. The van der Waals surface area contributed by atoms with Crippen molar-refractivity contribution in [3.8, 4) is 0 Å². The molecule has 0 saturated heterocycles. The van der Waals surface area contributed by atoms with E-state index in [1.54, 1.807) is 0 Å². The van der Waals surface area contributed by atoms with Gasteiger partial charge in [0, 0.05) is 18.7 Å². The fraction of sp³-hybridized carbons (Fsp3) is 0.889. The van der Waals surface area contributed by atoms with Gasteiger partial charge < -0.3 is 5.32 Å². The van der Waals surface area contributed by atoms with Crippen LogP contribution in [-0.2, 0) is 14.6 Å². The third-order valence-electron chi connectivity index (χ3n) is 1.93. The van der Waals surface area contributed by atoms with Gasteiger partial charge in [-0.2, -0.15) is 0 Å². The molecule has 0 spiro atoms. The van der Waals surface area contributed by atoms with E-state index < -0.39 is 21.5 Å². The van der Waals surface area contributed by atoms with Gasteiger partial charge in [-0.05, 0) is 11.8 Å². The lowest BCUT2D eigenvalue weighted by Crippen LogP contribution is -2.37. The van der Waals surface area contributed by atoms with E-state index in [4.69, 9.17) is 11.6 Å². The molecule has 0 rings (SSSR count). The fourth-order valence-corrected chi connectivity index (χ4v) is 2.06. The first-order valence-electron chi connectivity index (χ1n) is 4.67. The summed E-state index contributed by atoms with van der Waals surface area (Å²) in [4.78, 5) is 11.2. The number of halogens is 1. The zero-order chi connectivity index (χ0) is 12.1. The summed E-state index contributed by atoms with van der Waals surface area (Å²) in [5.74, 6) is -0.390. The SMILES string of the molecule is CC(C)(CCCl)CNC(=O)CS(C)(=O)=O. The summed E-state index contributed by atoms with van der Waals surface area (Å²) in [7, 11) is -3.24. The van der Waals surface area contributed by atoms with Crippen molar-refractivity contribution in [2.75, 3.05) is 24.4 Å². The molecule has 0 aliphatic heterocycles. The molecule has 1 amide bonds. The minimum Gasteiger partial charge on any atom is -0.355 e. The smallest absolute Gasteiger partial charge is 0.235 e. The third-order valence-corrected chi connectivity index (χ3v) is 2.90. The molecular formula is C9H18ClNO3S. The highest BCUT2D eigenvalue weighted by Crippen LogP contribution is 2.19. The minimum absolute atomic E-state index is 0.102. The van der Waals surface area contributed by atoms with Gasteiger partial charge in [0.1, 0.15) is 5.75 Å². The van der Waals surface area contributed by atoms with Gasteiger partial charge in [-0.25, -0.2) is 8.42 Å². The molecule has 0 radical (unpaired) electrons. The lowest BCUT2D eigenvalue weighted by atomic mass is 9.90. The summed E-state index contributed by atoms with van der Waals surface area (Å²) < 4.78 is 21.6. The van der Waals surface area contributed by atoms with Crippen LogP contribution in [0, 0.1) is 5.41 Å². The Labute approximate surface area is 96.3 Å². The Hall–Kier alpha value is -0.290. The molecule has 1 N–H and O–H groups in total. The number of sulfone groups is 1. The van der Waals surface area contributed by atoms with Crippen molar-refractivity contribution in [2.24, 2.45) is 5.41 Å². The van der Waals surface area contributed by atoms with Crippen LogP contribution in [0.4, 0.5) is 0 Å². The molecular weight excluding hydrogens is 238 g/mol. The predicted octanol–water partition coefficient (Wildman–Crippen LogP) is 0.802. The molecule has 0 aromatic heterocycles. The maximum atomic E-state index is 11.2. The number of nitrogens with one attached hydrogen (secondary N) is 1. The van der Waals surface area contributed by atoms with E-state index in [0.717, 1.165) is 12.7 Å². The molecule has 0 aromatic carbocycles. The van der Waals surface area contributed by atoms with Crippen LogP contribution < -0.4 is 5.32 Å². The third kappa shape index (κ3) is 8.69. The van der Waals surface area contributed by atoms with Gasteiger partial charge in [-0.15, -0.1) is 11.6 Å². The monoisotopic (exact) mass is 255 g/mol. The first-order chi connectivity index (χ1) is 6.66. The maximum absolute atomic E-state index is 11.2. The predicted molar refractivity (Wildman–Crippen MR) is 61.8 cm³/mol. The van der Waals surface area contributed by atoms with Crippen LogP contribution >= 0.6 is 11.6 Å². The van der Waals surface area contributed by atoms with E-state index in [1.165, 1.54) is 0 Å². The number of hydrogen-bond acceptors (Lipinski definition) is 3. The molecule has 0 aromatic rings. The highest BCUT2D eigenvalue weighted by Gasteiger charge is 2.19. The highest BCUT2D eigenvalue weighted by molar-refractivity contribution is 7.91. The standard InChI is InChI=1S/C9H18ClNO3S/c1-9(2,4-5-10)7-11-8(12)6-15(3,13)14/h4-7H2,1-3H3,(H,11,12). The quantitative estimate of drug-likeness (QED) is 0.715. The number of amides is 1. The van der Waals surface area contributed by atoms with Gasteiger partial charge in [0.25, 0.3) is 0 Å². The molecule has 0 saturated carbocycles. The highest BCUT2D eigenvalue weighted by atomic mass is 35.5. The average Bonchev–Trinajstić information content (AvgIpc) is 1.98. The lowest BCUT2D eigenvalue weighted by Gasteiger charge is -2.23. The van der Waals surface area contributed by atoms with Crippen LogP contribution in [0.3, 0.4) is 0 Å². The topological polar surface area (TPSA) is 63.2 Å². The first-order valence-corrected chi connectivity index (χ1v) is 7.26. The van der Waals surface area contributed by atoms with Crippen molar-refractivity contribution in [2.45, 2.75) is 20.3 Å². The molecule has 0 fully saturated rings. The van der Waals surface area contributed by atoms with Crippen LogP contribution in [-0.4, -0.2) is 38.8 Å². The van der Waals surface area contributed by atoms with Crippen molar-refractivity contribution in [3.63, 3.8) is 0 Å². The van der Waals surface area contributed by atoms with Gasteiger partial charge in [0.05, 0.1) is 0 Å². The van der Waals surface area contributed by atoms with Crippen molar-refractivity contribution >= 4 is 27.3 Å². The normalized spacial score (nSPS) is 12.5. The van der Waals surface area contributed by atoms with Crippen LogP contribution in [0.1, 0.15) is 20.3 Å². The number of carbonyl (C=O) groups is 1. The Bertz CT molecular complexity index is 311. The zero-order valence-electron chi connectivity index (χ0n) is 9.34. The van der Waals surface area contributed by atoms with E-state index in [1.807, 2.05) is 13.8 Å². The van der Waals surface area contributed by atoms with E-state index in [-0.39, 0.29) is 5.41 Å². The molecule has 0 bridgehead atoms. The van der Waals surface area contributed by atoms with Gasteiger partial charge in [0.15, 0.2) is 9.84 Å². The Morgan fingerprint density at radius 2 is 1.93 bits per heavy atom. The maximum Gasteiger partial charge on any atom is 0.235 e. The number of hydrogen-bond donors (Lipinski definition) is 1. The second-order valence-corrected chi connectivity index (χ2v) is 6.97. The number of alkyl halides is 1. The van der Waals surface area contributed by atoms with Crippen molar-refractivity contribution < 1.29 is 13.2 Å². The number of rotatable bonds is 6. The molecule has 0 aliphatic carbocycles. The zero-order valence-corrected chi connectivity index (χ0v) is 10.9. The van der Waals surface area contributed by atoms with Crippen LogP contribution in [0.2, 0.25) is 0 Å². The van der Waals surface area contributed by atoms with Crippen molar-refractivity contribution in [3.05, 3.63) is 0 Å². The van der Waals surface area contributed by atoms with Gasteiger partial charge in [-0.1, -0.05) is 13.8 Å². The molecule has 0 aliphatic rings. The van der Waals surface area contributed by atoms with E-state index >= 15 is 0 Å². The Kier molecular flexibility index (Phi) is 5.59. The van der Waals surface area contributed by atoms with E-state index in [0.29, 0.717) is 12.4 Å². The fourth-order valence-electron chi connectivity index (χ4n) is 0.971. The summed E-state index contributed by atoms with van der Waals surface area (Å²) in [6.45, 7) is 4.38. The summed E-state index contributed by atoms with van der Waals surface area (Å²) >= 11 is 5.60. The average molecular weight is 256 g/mol. The molecule has 0 atom stereocenters. The molecule has 0 heterocycles. The second-order valence-electron chi connectivity index (χ2n) is 4.45. The van der Waals surface area contributed by atoms with Crippen LogP contribution in [0.5, 0.6) is 0 Å². The molecule has 15 heavy (non-hydrogen) atoms. The second kappa shape index (κ2) is 5.70.